The molecular formula is C12H32Hf4N4. The molecule has 0 aliphatic heterocycles. The second kappa shape index (κ2) is 27.2. The molecule has 0 aliphatic carbocycles. The molecule has 0 aliphatic rings. The van der Waals surface area contributed by atoms with Crippen molar-refractivity contribution in [2.75, 3.05) is 54.4 Å². The van der Waals surface area contributed by atoms with Crippen LogP contribution in [0, 0.1) is 0 Å². The van der Waals surface area contributed by atoms with E-state index in [1.807, 2.05) is 0 Å². The van der Waals surface area contributed by atoms with Crippen molar-refractivity contribution in [3.05, 3.63) is 0 Å². The first-order valence-corrected chi connectivity index (χ1v) is 13.2. The number of hydrogen-bond donors (Lipinski definition) is 0. The zero-order valence-corrected chi connectivity index (χ0v) is 29.0. The summed E-state index contributed by atoms with van der Waals surface area (Å²) in [5, 5.41) is 0. The third-order valence-electron chi connectivity index (χ3n) is 1.90. The Balaban J connectivity index is -0.0000000853. The van der Waals surface area contributed by atoms with E-state index in [2.05, 4.69) is 67.4 Å². The van der Waals surface area contributed by atoms with Crippen LogP contribution in [0.15, 0.2) is 0 Å². The second-order valence-corrected chi connectivity index (χ2v) is 15.0. The van der Waals surface area contributed by atoms with Gasteiger partial charge in [-0.25, -0.2) is 0 Å². The van der Waals surface area contributed by atoms with Gasteiger partial charge in [0.05, 0.1) is 0 Å². The minimum absolute atomic E-state index is 1.20. The van der Waals surface area contributed by atoms with Crippen molar-refractivity contribution in [2.24, 2.45) is 0 Å². The third-order valence-corrected chi connectivity index (χ3v) is 6.44. The zero-order chi connectivity index (χ0) is 17.1. The van der Waals surface area contributed by atoms with Crippen LogP contribution < -0.4 is 0 Å². The van der Waals surface area contributed by atoms with Gasteiger partial charge < -0.3 is 0 Å². The molecule has 0 aromatic heterocycles. The Hall–Kier alpha value is 3.32. The van der Waals surface area contributed by atoms with E-state index in [4.69, 9.17) is 0 Å². The van der Waals surface area contributed by atoms with E-state index in [1.165, 1.54) is 125 Å². The van der Waals surface area contributed by atoms with E-state index >= 15 is 0 Å². The van der Waals surface area contributed by atoms with Gasteiger partial charge in [-0.05, 0) is 0 Å². The van der Waals surface area contributed by atoms with Crippen LogP contribution >= 0.6 is 0 Å². The molecule has 20 heavy (non-hydrogen) atoms. The molecule has 116 valence electrons. The monoisotopic (exact) mass is 952 g/mol. The molecule has 4 nitrogen and oxygen atoms in total. The molecule has 0 bridgehead atoms. The molecule has 0 N–H and O–H groups in total. The normalized spacial score (nSPS) is 9.20. The summed E-state index contributed by atoms with van der Waals surface area (Å²) >= 11 is 4.81. The maximum atomic E-state index is 2.26. The summed E-state index contributed by atoms with van der Waals surface area (Å²) in [7, 11) is 8.47. The topological polar surface area (TPSA) is 13.0 Å². The van der Waals surface area contributed by atoms with Gasteiger partial charge in [0.2, 0.25) is 0 Å². The summed E-state index contributed by atoms with van der Waals surface area (Å²) in [6, 6.07) is 0. The molecule has 0 heterocycles. The van der Waals surface area contributed by atoms with E-state index < -0.39 is 0 Å². The van der Waals surface area contributed by atoms with E-state index in [0.717, 1.165) is 0 Å². The van der Waals surface area contributed by atoms with Gasteiger partial charge in [-0.3, -0.25) is 0 Å². The van der Waals surface area contributed by atoms with Crippen molar-refractivity contribution in [1.82, 2.24) is 11.6 Å². The molecule has 0 spiro atoms. The molecule has 0 radical (unpaired) electrons. The first-order valence-electron chi connectivity index (χ1n) is 6.78. The Bertz CT molecular complexity index is 115. The summed E-state index contributed by atoms with van der Waals surface area (Å²) in [6.07, 6.45) is 0. The van der Waals surface area contributed by atoms with Crippen LogP contribution in [0.4, 0.5) is 0 Å². The van der Waals surface area contributed by atoms with Crippen molar-refractivity contribution in [3.63, 3.8) is 0 Å². The summed E-state index contributed by atoms with van der Waals surface area (Å²) < 4.78 is 9.06. The van der Waals surface area contributed by atoms with E-state index in [1.54, 1.807) is 0 Å². The molecule has 0 aromatic carbocycles. The standard InChI is InChI=1S/4C3H8N.4Hf/c4*1-3-4-2;;;;/h4*3H2,1-2H3;;;;/q4*-1;4*+1. The van der Waals surface area contributed by atoms with Crippen LogP contribution in [0.5, 0.6) is 0 Å². The molecule has 0 amide bonds. The molecule has 0 saturated heterocycles. The van der Waals surface area contributed by atoms with Gasteiger partial charge >= 0.3 is 192 Å². The Morgan fingerprint density at radius 2 is 0.500 bits per heavy atom. The van der Waals surface area contributed by atoms with Crippen molar-refractivity contribution in [3.8, 4) is 0 Å². The fourth-order valence-corrected chi connectivity index (χ4v) is 0. The van der Waals surface area contributed by atoms with Crippen LogP contribution in [0.3, 0.4) is 0 Å². The molecule has 0 aromatic rings. The Morgan fingerprint density at radius 1 is 0.450 bits per heavy atom. The molecule has 0 rings (SSSR count). The summed E-state index contributed by atoms with van der Waals surface area (Å²) in [4.78, 5) is 0. The Labute approximate surface area is 189 Å². The van der Waals surface area contributed by atoms with Gasteiger partial charge in [-0.2, -0.15) is 0 Å². The van der Waals surface area contributed by atoms with Crippen LogP contribution in [0.1, 0.15) is 27.7 Å². The van der Waals surface area contributed by atoms with Gasteiger partial charge in [0.1, 0.15) is 0 Å². The van der Waals surface area contributed by atoms with E-state index in [-0.39, 0.29) is 0 Å². The second-order valence-electron chi connectivity index (χ2n) is 4.06. The summed E-state index contributed by atoms with van der Waals surface area (Å²) in [5.74, 6) is 0. The van der Waals surface area contributed by atoms with Crippen molar-refractivity contribution in [1.29, 1.82) is 0 Å². The third kappa shape index (κ3) is 68.7. The summed E-state index contributed by atoms with van der Waals surface area (Å²) in [6.45, 7) is 13.4. The quantitative estimate of drug-likeness (QED) is 0.398. The Kier molecular flexibility index (Phi) is 42.3. The molecule has 0 fully saturated rings. The van der Waals surface area contributed by atoms with Gasteiger partial charge in [-0.1, -0.05) is 0 Å². The van der Waals surface area contributed by atoms with Crippen molar-refractivity contribution >= 4 is 0 Å². The molecule has 0 unspecified atom stereocenters. The zero-order valence-electron chi connectivity index (χ0n) is 14.6. The molecular weight excluding hydrogens is 914 g/mol. The molecule has 0 atom stereocenters. The van der Waals surface area contributed by atoms with E-state index in [0.29, 0.717) is 0 Å². The van der Waals surface area contributed by atoms with E-state index in [9.17, 15) is 0 Å². The maximum absolute atomic E-state index is 2.26. The minimum atomic E-state index is 1.20. The SMILES string of the molecule is CC[N](C)[Hf].CC[N](C)[Hf].CC[N](C)[Hf].CC[N](C)[Hf]. The number of rotatable bonds is 4. The first kappa shape index (κ1) is 31.1. The van der Waals surface area contributed by atoms with Crippen LogP contribution in [0.2, 0.25) is 0 Å². The van der Waals surface area contributed by atoms with Crippen LogP contribution in [0.25, 0.3) is 0 Å². The van der Waals surface area contributed by atoms with Crippen LogP contribution in [-0.4, -0.2) is 65.9 Å². The van der Waals surface area contributed by atoms with Crippen molar-refractivity contribution in [2.45, 2.75) is 27.7 Å². The first-order chi connectivity index (χ1) is 9.08. The predicted octanol–water partition coefficient (Wildman–Crippen LogP) is 1.60. The number of nitrogens with zero attached hydrogens (tertiary/aromatic N) is 4. The molecule has 8 heteroatoms. The fourth-order valence-electron chi connectivity index (χ4n) is 0. The average molecular weight is 946 g/mol. The summed E-state index contributed by atoms with van der Waals surface area (Å²) in [5.41, 5.74) is 0. The van der Waals surface area contributed by atoms with Crippen LogP contribution in [-0.2, 0) is 98.6 Å². The van der Waals surface area contributed by atoms with Gasteiger partial charge in [0.15, 0.2) is 0 Å². The van der Waals surface area contributed by atoms with Gasteiger partial charge in [-0.15, -0.1) is 0 Å². The van der Waals surface area contributed by atoms with Crippen molar-refractivity contribution < 1.29 is 98.6 Å². The van der Waals surface area contributed by atoms with Gasteiger partial charge in [0, 0.05) is 0 Å². The number of hydrogen-bond acceptors (Lipinski definition) is 4. The molecule has 0 saturated carbocycles. The van der Waals surface area contributed by atoms with Gasteiger partial charge in [0.25, 0.3) is 0 Å². The average Bonchev–Trinajstić information content (AvgIpc) is 2.40. The Morgan fingerprint density at radius 3 is 0.500 bits per heavy atom. The fraction of sp³-hybridized carbons (Fsp3) is 1.00. The predicted molar refractivity (Wildman–Crippen MR) is 73.2 cm³/mol.